The monoisotopic (exact) mass is 383 g/mol. The van der Waals surface area contributed by atoms with Crippen molar-refractivity contribution in [2.24, 2.45) is 0 Å². The first-order chi connectivity index (χ1) is 13.8. The number of aromatic nitrogens is 1. The highest BCUT2D eigenvalue weighted by molar-refractivity contribution is 6.10. The van der Waals surface area contributed by atoms with Gasteiger partial charge in [0.25, 0.3) is 5.91 Å². The summed E-state index contributed by atoms with van der Waals surface area (Å²) < 4.78 is 2.14. The first kappa shape index (κ1) is 20.2. The van der Waals surface area contributed by atoms with Crippen molar-refractivity contribution in [2.75, 3.05) is 5.32 Å². The van der Waals surface area contributed by atoms with Gasteiger partial charge in [-0.25, -0.2) is 0 Å². The zero-order chi connectivity index (χ0) is 21.1. The summed E-state index contributed by atoms with van der Waals surface area (Å²) in [5.41, 5.74) is 8.03. The molecule has 4 nitrogen and oxygen atoms in total. The number of nitriles is 1. The van der Waals surface area contributed by atoms with Crippen LogP contribution in [-0.2, 0) is 4.79 Å². The normalized spacial score (nSPS) is 11.2. The van der Waals surface area contributed by atoms with E-state index in [1.165, 1.54) is 5.56 Å². The molecule has 0 spiro atoms. The largest absolute Gasteiger partial charge is 0.321 e. The predicted octanol–water partition coefficient (Wildman–Crippen LogP) is 5.57. The molecule has 1 N–H and O–H groups in total. The molecule has 0 saturated heterocycles. The number of nitrogens with zero attached hydrogens (tertiary/aromatic N) is 2. The molecule has 0 atom stereocenters. The standard InChI is InChI=1S/C25H25N3O/c1-16-8-6-10-23(12-16)28-18(3)13-21(20(28)5)14-22(15-26)25(29)27-24-11-7-9-17(2)19(24)4/h6-14H,1-5H3,(H,27,29)/b22-14-. The van der Waals surface area contributed by atoms with Crippen molar-refractivity contribution in [3.63, 3.8) is 0 Å². The average Bonchev–Trinajstić information content (AvgIpc) is 2.96. The lowest BCUT2D eigenvalue weighted by atomic mass is 10.1. The van der Waals surface area contributed by atoms with E-state index in [1.54, 1.807) is 6.08 Å². The Bertz CT molecular complexity index is 1160. The lowest BCUT2D eigenvalue weighted by molar-refractivity contribution is -0.112. The SMILES string of the molecule is Cc1cccc(-n2c(C)cc(/C=C(/C#N)C(=O)Nc3cccc(C)c3C)c2C)c1. The smallest absolute Gasteiger partial charge is 0.266 e. The van der Waals surface area contributed by atoms with Crippen LogP contribution in [0.25, 0.3) is 11.8 Å². The Kier molecular flexibility index (Phi) is 5.70. The topological polar surface area (TPSA) is 57.8 Å². The molecule has 146 valence electrons. The van der Waals surface area contributed by atoms with E-state index < -0.39 is 5.91 Å². The molecular weight excluding hydrogens is 358 g/mol. The third-order valence-electron chi connectivity index (χ3n) is 5.25. The Morgan fingerprint density at radius 3 is 2.45 bits per heavy atom. The molecule has 0 aliphatic carbocycles. The summed E-state index contributed by atoms with van der Waals surface area (Å²) >= 11 is 0. The third-order valence-corrected chi connectivity index (χ3v) is 5.25. The van der Waals surface area contributed by atoms with Crippen LogP contribution in [0.2, 0.25) is 0 Å². The third kappa shape index (κ3) is 4.14. The second-order valence-corrected chi connectivity index (χ2v) is 7.37. The van der Waals surface area contributed by atoms with E-state index in [9.17, 15) is 10.1 Å². The maximum absolute atomic E-state index is 12.7. The van der Waals surface area contributed by atoms with E-state index in [1.807, 2.05) is 64.1 Å². The van der Waals surface area contributed by atoms with Crippen molar-refractivity contribution in [1.82, 2.24) is 4.57 Å². The minimum absolute atomic E-state index is 0.0791. The Hall–Kier alpha value is -3.58. The van der Waals surface area contributed by atoms with Crippen molar-refractivity contribution in [2.45, 2.75) is 34.6 Å². The van der Waals surface area contributed by atoms with Crippen LogP contribution in [0.4, 0.5) is 5.69 Å². The van der Waals surface area contributed by atoms with Crippen LogP contribution in [0.5, 0.6) is 0 Å². The Balaban J connectivity index is 1.96. The number of nitrogens with one attached hydrogen (secondary N) is 1. The molecule has 1 aromatic heterocycles. The molecule has 3 aromatic rings. The zero-order valence-corrected chi connectivity index (χ0v) is 17.5. The molecule has 0 aliphatic heterocycles. The summed E-state index contributed by atoms with van der Waals surface area (Å²) in [6.45, 7) is 10.0. The quantitative estimate of drug-likeness (QED) is 0.473. The Labute approximate surface area is 172 Å². The van der Waals surface area contributed by atoms with E-state index in [-0.39, 0.29) is 5.57 Å². The maximum Gasteiger partial charge on any atom is 0.266 e. The highest BCUT2D eigenvalue weighted by atomic mass is 16.1. The van der Waals surface area contributed by atoms with E-state index in [0.29, 0.717) is 0 Å². The summed E-state index contributed by atoms with van der Waals surface area (Å²) in [6, 6.07) is 18.0. The maximum atomic E-state index is 12.7. The second kappa shape index (κ2) is 8.20. The summed E-state index contributed by atoms with van der Waals surface area (Å²) in [5.74, 6) is -0.401. The van der Waals surface area contributed by atoms with Crippen molar-refractivity contribution < 1.29 is 4.79 Å². The molecule has 0 bridgehead atoms. The van der Waals surface area contributed by atoms with Gasteiger partial charge in [0.05, 0.1) is 0 Å². The predicted molar refractivity (Wildman–Crippen MR) is 118 cm³/mol. The molecule has 0 radical (unpaired) electrons. The van der Waals surface area contributed by atoms with Crippen molar-refractivity contribution in [1.29, 1.82) is 5.26 Å². The van der Waals surface area contributed by atoms with Gasteiger partial charge in [-0.1, -0.05) is 24.3 Å². The van der Waals surface area contributed by atoms with Crippen LogP contribution < -0.4 is 5.32 Å². The number of carbonyl (C=O) groups excluding carboxylic acids is 1. The minimum Gasteiger partial charge on any atom is -0.321 e. The van der Waals surface area contributed by atoms with Gasteiger partial charge in [-0.3, -0.25) is 4.79 Å². The number of hydrogen-bond acceptors (Lipinski definition) is 2. The van der Waals surface area contributed by atoms with Crippen molar-refractivity contribution in [3.8, 4) is 11.8 Å². The van der Waals surface area contributed by atoms with Crippen LogP contribution in [-0.4, -0.2) is 10.5 Å². The van der Waals surface area contributed by atoms with E-state index in [4.69, 9.17) is 0 Å². The molecule has 2 aromatic carbocycles. The number of benzene rings is 2. The summed E-state index contributed by atoms with van der Waals surface area (Å²) in [6.07, 6.45) is 1.66. The minimum atomic E-state index is -0.401. The van der Waals surface area contributed by atoms with E-state index in [0.717, 1.165) is 39.5 Å². The average molecular weight is 383 g/mol. The molecular formula is C25H25N3O. The first-order valence-corrected chi connectivity index (χ1v) is 9.57. The molecule has 0 saturated carbocycles. The van der Waals surface area contributed by atoms with Gasteiger partial charge in [0.15, 0.2) is 0 Å². The first-order valence-electron chi connectivity index (χ1n) is 9.57. The molecule has 1 amide bonds. The molecule has 4 heteroatoms. The van der Waals surface area contributed by atoms with Crippen molar-refractivity contribution in [3.05, 3.63) is 87.7 Å². The van der Waals surface area contributed by atoms with Gasteiger partial charge in [-0.15, -0.1) is 0 Å². The van der Waals surface area contributed by atoms with Gasteiger partial charge in [0, 0.05) is 22.8 Å². The number of aryl methyl sites for hydroxylation is 3. The van der Waals surface area contributed by atoms with E-state index >= 15 is 0 Å². The number of amides is 1. The number of carbonyl (C=O) groups is 1. The highest BCUT2D eigenvalue weighted by Gasteiger charge is 2.15. The van der Waals surface area contributed by atoms with Gasteiger partial charge < -0.3 is 9.88 Å². The second-order valence-electron chi connectivity index (χ2n) is 7.37. The lowest BCUT2D eigenvalue weighted by Gasteiger charge is -2.11. The van der Waals surface area contributed by atoms with E-state index in [2.05, 4.69) is 35.0 Å². The van der Waals surface area contributed by atoms with Gasteiger partial charge >= 0.3 is 0 Å². The number of rotatable bonds is 4. The fraction of sp³-hybridized carbons (Fsp3) is 0.200. The van der Waals surface area contributed by atoms with Gasteiger partial charge in [0.2, 0.25) is 0 Å². The molecule has 3 rings (SSSR count). The molecule has 29 heavy (non-hydrogen) atoms. The molecule has 0 fully saturated rings. The number of hydrogen-bond donors (Lipinski definition) is 1. The summed E-state index contributed by atoms with van der Waals surface area (Å²) in [5, 5.41) is 12.5. The zero-order valence-electron chi connectivity index (χ0n) is 17.5. The fourth-order valence-corrected chi connectivity index (χ4v) is 3.48. The lowest BCUT2D eigenvalue weighted by Crippen LogP contribution is -2.14. The summed E-state index contributed by atoms with van der Waals surface area (Å²) in [7, 11) is 0. The van der Waals surface area contributed by atoms with Gasteiger partial charge in [-0.05, 0) is 87.2 Å². The highest BCUT2D eigenvalue weighted by Crippen LogP contribution is 2.24. The van der Waals surface area contributed by atoms with Crippen LogP contribution in [0.3, 0.4) is 0 Å². The molecule has 0 aliphatic rings. The van der Waals surface area contributed by atoms with Gasteiger partial charge in [0.1, 0.15) is 11.6 Å². The van der Waals surface area contributed by atoms with Crippen LogP contribution >= 0.6 is 0 Å². The van der Waals surface area contributed by atoms with Crippen LogP contribution in [0.1, 0.15) is 33.6 Å². The summed E-state index contributed by atoms with van der Waals surface area (Å²) in [4.78, 5) is 12.7. The Morgan fingerprint density at radius 1 is 1.03 bits per heavy atom. The van der Waals surface area contributed by atoms with Crippen LogP contribution in [0.15, 0.2) is 54.1 Å². The fourth-order valence-electron chi connectivity index (χ4n) is 3.48. The molecule has 0 unspecified atom stereocenters. The molecule has 1 heterocycles. The number of anilines is 1. The van der Waals surface area contributed by atoms with Gasteiger partial charge in [-0.2, -0.15) is 5.26 Å². The van der Waals surface area contributed by atoms with Crippen LogP contribution in [0, 0.1) is 45.9 Å². The Morgan fingerprint density at radius 2 is 1.76 bits per heavy atom. The van der Waals surface area contributed by atoms with Crippen molar-refractivity contribution >= 4 is 17.7 Å².